The van der Waals surface area contributed by atoms with E-state index in [0.717, 1.165) is 19.6 Å². The Morgan fingerprint density at radius 1 is 1.36 bits per heavy atom. The van der Waals surface area contributed by atoms with Crippen LogP contribution in [0.15, 0.2) is 4.99 Å². The zero-order valence-electron chi connectivity index (χ0n) is 10.0. The Morgan fingerprint density at radius 3 is 2.21 bits per heavy atom. The van der Waals surface area contributed by atoms with Crippen LogP contribution >= 0.6 is 11.8 Å². The monoisotopic (exact) mass is 217 g/mol. The lowest BCUT2D eigenvalue weighted by Crippen LogP contribution is -2.38. The van der Waals surface area contributed by atoms with Crippen LogP contribution < -0.4 is 5.73 Å². The van der Waals surface area contributed by atoms with Crippen LogP contribution in [0, 0.1) is 0 Å². The molecule has 3 nitrogen and oxygen atoms in total. The first-order valence-corrected chi connectivity index (χ1v) is 6.29. The highest BCUT2D eigenvalue weighted by molar-refractivity contribution is 7.99. The summed E-state index contributed by atoms with van der Waals surface area (Å²) < 4.78 is 0.178. The molecule has 4 heteroatoms. The Labute approximate surface area is 92.1 Å². The highest BCUT2D eigenvalue weighted by Crippen LogP contribution is 2.20. The van der Waals surface area contributed by atoms with E-state index in [1.165, 1.54) is 0 Å². The van der Waals surface area contributed by atoms with Crippen molar-refractivity contribution < 1.29 is 0 Å². The van der Waals surface area contributed by atoms with E-state index >= 15 is 0 Å². The van der Waals surface area contributed by atoms with E-state index in [1.54, 1.807) is 0 Å². The predicted octanol–water partition coefficient (Wildman–Crippen LogP) is 1.78. The molecule has 0 bridgehead atoms. The molecule has 0 aliphatic carbocycles. The molecular formula is C10H23N3S. The van der Waals surface area contributed by atoms with Gasteiger partial charge in [0.05, 0.1) is 6.54 Å². The van der Waals surface area contributed by atoms with E-state index in [9.17, 15) is 0 Å². The second-order valence-electron chi connectivity index (χ2n) is 3.81. The maximum absolute atomic E-state index is 5.87. The highest BCUT2D eigenvalue weighted by Gasteiger charge is 2.15. The van der Waals surface area contributed by atoms with Crippen LogP contribution in [-0.4, -0.2) is 41.5 Å². The summed E-state index contributed by atoms with van der Waals surface area (Å²) >= 11 is 1.81. The summed E-state index contributed by atoms with van der Waals surface area (Å²) in [6.45, 7) is 11.2. The average Bonchev–Trinajstić information content (AvgIpc) is 2.17. The van der Waals surface area contributed by atoms with Crippen molar-refractivity contribution in [3.05, 3.63) is 0 Å². The number of aliphatic imine (C=N–C) groups is 1. The van der Waals surface area contributed by atoms with Crippen LogP contribution in [0.3, 0.4) is 0 Å². The van der Waals surface area contributed by atoms with Crippen LogP contribution in [0.4, 0.5) is 0 Å². The number of rotatable bonds is 5. The molecule has 0 aromatic rings. The van der Waals surface area contributed by atoms with E-state index in [4.69, 9.17) is 5.73 Å². The van der Waals surface area contributed by atoms with E-state index in [1.807, 2.05) is 11.8 Å². The van der Waals surface area contributed by atoms with Crippen LogP contribution in [-0.2, 0) is 0 Å². The fraction of sp³-hybridized carbons (Fsp3) is 0.900. The zero-order chi connectivity index (χ0) is 11.2. The summed E-state index contributed by atoms with van der Waals surface area (Å²) in [4.78, 5) is 6.47. The number of guanidine groups is 1. The second kappa shape index (κ2) is 6.17. The summed E-state index contributed by atoms with van der Waals surface area (Å²) in [5.41, 5.74) is 5.87. The van der Waals surface area contributed by atoms with Crippen molar-refractivity contribution >= 4 is 17.7 Å². The smallest absolute Gasteiger partial charge is 0.191 e. The lowest BCUT2D eigenvalue weighted by Gasteiger charge is -2.23. The van der Waals surface area contributed by atoms with Gasteiger partial charge in [0.25, 0.3) is 0 Å². The standard InChI is InChI=1S/C10H23N3S/c1-6-13(7-2)9(11)12-8-10(3,4)14-5/h6-8H2,1-5H3,(H2,11,12). The maximum Gasteiger partial charge on any atom is 0.191 e. The number of nitrogens with two attached hydrogens (primary N) is 1. The third kappa shape index (κ3) is 4.74. The molecule has 0 rings (SSSR count). The van der Waals surface area contributed by atoms with Gasteiger partial charge < -0.3 is 10.6 Å². The Morgan fingerprint density at radius 2 is 1.86 bits per heavy atom. The lowest BCUT2D eigenvalue weighted by molar-refractivity contribution is 0.457. The molecule has 0 unspecified atom stereocenters. The van der Waals surface area contributed by atoms with Gasteiger partial charge in [0.1, 0.15) is 0 Å². The fourth-order valence-corrected chi connectivity index (χ4v) is 1.18. The normalized spacial score (nSPS) is 13.1. The molecule has 0 heterocycles. The minimum absolute atomic E-state index is 0.178. The summed E-state index contributed by atoms with van der Waals surface area (Å²) in [5, 5.41) is 0. The van der Waals surface area contributed by atoms with Crippen LogP contribution in [0.25, 0.3) is 0 Å². The fourth-order valence-electron chi connectivity index (χ4n) is 0.984. The Hall–Kier alpha value is -0.380. The van der Waals surface area contributed by atoms with Gasteiger partial charge in [-0.2, -0.15) is 11.8 Å². The summed E-state index contributed by atoms with van der Waals surface area (Å²) in [6, 6.07) is 0. The first kappa shape index (κ1) is 13.6. The van der Waals surface area contributed by atoms with Crippen molar-refractivity contribution in [1.29, 1.82) is 0 Å². The van der Waals surface area contributed by atoms with E-state index in [-0.39, 0.29) is 4.75 Å². The Kier molecular flexibility index (Phi) is 6.00. The van der Waals surface area contributed by atoms with Gasteiger partial charge in [0, 0.05) is 17.8 Å². The minimum Gasteiger partial charge on any atom is -0.370 e. The molecule has 0 radical (unpaired) electrons. The predicted molar refractivity (Wildman–Crippen MR) is 67.0 cm³/mol. The molecule has 0 atom stereocenters. The summed E-state index contributed by atoms with van der Waals surface area (Å²) in [6.07, 6.45) is 2.10. The number of thioether (sulfide) groups is 1. The Bertz CT molecular complexity index is 186. The number of hydrogen-bond donors (Lipinski definition) is 1. The third-order valence-electron chi connectivity index (χ3n) is 2.26. The van der Waals surface area contributed by atoms with E-state index < -0.39 is 0 Å². The largest absolute Gasteiger partial charge is 0.370 e. The van der Waals surface area contributed by atoms with Gasteiger partial charge in [-0.05, 0) is 34.0 Å². The summed E-state index contributed by atoms with van der Waals surface area (Å²) in [7, 11) is 0. The third-order valence-corrected chi connectivity index (χ3v) is 3.50. The summed E-state index contributed by atoms with van der Waals surface area (Å²) in [5.74, 6) is 0.664. The van der Waals surface area contributed by atoms with Crippen molar-refractivity contribution in [3.8, 4) is 0 Å². The molecule has 0 amide bonds. The van der Waals surface area contributed by atoms with Gasteiger partial charge in [-0.3, -0.25) is 4.99 Å². The Balaban J connectivity index is 4.23. The molecule has 14 heavy (non-hydrogen) atoms. The molecule has 0 spiro atoms. The van der Waals surface area contributed by atoms with Crippen molar-refractivity contribution in [3.63, 3.8) is 0 Å². The molecule has 84 valence electrons. The van der Waals surface area contributed by atoms with Crippen LogP contribution in [0.5, 0.6) is 0 Å². The topological polar surface area (TPSA) is 41.6 Å². The molecular weight excluding hydrogens is 194 g/mol. The van der Waals surface area contributed by atoms with Crippen LogP contribution in [0.1, 0.15) is 27.7 Å². The molecule has 0 aliphatic heterocycles. The van der Waals surface area contributed by atoms with Crippen molar-refractivity contribution in [2.45, 2.75) is 32.4 Å². The highest BCUT2D eigenvalue weighted by atomic mass is 32.2. The van der Waals surface area contributed by atoms with Gasteiger partial charge in [-0.25, -0.2) is 0 Å². The molecule has 0 saturated carbocycles. The molecule has 0 saturated heterocycles. The molecule has 0 aromatic carbocycles. The van der Waals surface area contributed by atoms with Gasteiger partial charge in [0.2, 0.25) is 0 Å². The van der Waals surface area contributed by atoms with Crippen molar-refractivity contribution in [1.82, 2.24) is 4.90 Å². The van der Waals surface area contributed by atoms with Crippen molar-refractivity contribution in [2.75, 3.05) is 25.9 Å². The van der Waals surface area contributed by atoms with Gasteiger partial charge in [-0.1, -0.05) is 0 Å². The SMILES string of the molecule is CCN(CC)C(N)=NCC(C)(C)SC. The molecule has 0 aliphatic rings. The minimum atomic E-state index is 0.178. The van der Waals surface area contributed by atoms with Crippen LogP contribution in [0.2, 0.25) is 0 Å². The quantitative estimate of drug-likeness (QED) is 0.564. The van der Waals surface area contributed by atoms with Gasteiger partial charge in [0.15, 0.2) is 5.96 Å². The van der Waals surface area contributed by atoms with E-state index in [0.29, 0.717) is 5.96 Å². The van der Waals surface area contributed by atoms with Gasteiger partial charge in [-0.15, -0.1) is 0 Å². The van der Waals surface area contributed by atoms with Gasteiger partial charge >= 0.3 is 0 Å². The molecule has 0 aromatic heterocycles. The first-order chi connectivity index (χ1) is 6.46. The lowest BCUT2D eigenvalue weighted by atomic mass is 10.2. The molecule has 0 fully saturated rings. The van der Waals surface area contributed by atoms with E-state index in [2.05, 4.69) is 43.8 Å². The maximum atomic E-state index is 5.87. The van der Waals surface area contributed by atoms with Crippen molar-refractivity contribution in [2.24, 2.45) is 10.7 Å². The average molecular weight is 217 g/mol. The first-order valence-electron chi connectivity index (χ1n) is 5.06. The zero-order valence-corrected chi connectivity index (χ0v) is 10.8. The number of nitrogens with zero attached hydrogens (tertiary/aromatic N) is 2. The second-order valence-corrected chi connectivity index (χ2v) is 5.32. The number of hydrogen-bond acceptors (Lipinski definition) is 2. The molecule has 2 N–H and O–H groups in total.